The number of thiophene rings is 1. The lowest BCUT2D eigenvalue weighted by Crippen LogP contribution is -2.17. The third-order valence-corrected chi connectivity index (χ3v) is 4.55. The molecule has 0 unspecified atom stereocenters. The average molecular weight is 314 g/mol. The van der Waals surface area contributed by atoms with Gasteiger partial charge in [-0.3, -0.25) is 9.59 Å². The number of nitrogens with one attached hydrogen (secondary N) is 1. The second-order valence-corrected chi connectivity index (χ2v) is 6.01. The van der Waals surface area contributed by atoms with E-state index >= 15 is 0 Å². The van der Waals surface area contributed by atoms with Gasteiger partial charge in [-0.1, -0.05) is 6.07 Å². The maximum absolute atomic E-state index is 12.4. The van der Waals surface area contributed by atoms with Crippen molar-refractivity contribution in [2.75, 3.05) is 5.32 Å². The van der Waals surface area contributed by atoms with Crippen LogP contribution in [0.3, 0.4) is 0 Å². The molecule has 0 fully saturated rings. The van der Waals surface area contributed by atoms with E-state index in [2.05, 4.69) is 15.3 Å². The SMILES string of the molecule is Cc1cccc(NC(=O)c2sc3ncn(C)c(=O)c3c2C)n1. The lowest BCUT2D eigenvalue weighted by molar-refractivity contribution is 0.102. The van der Waals surface area contributed by atoms with Crippen molar-refractivity contribution in [2.45, 2.75) is 13.8 Å². The zero-order chi connectivity index (χ0) is 15.9. The molecule has 0 bridgehead atoms. The molecule has 112 valence electrons. The Balaban J connectivity index is 2.03. The van der Waals surface area contributed by atoms with Crippen LogP contribution in [0.4, 0.5) is 5.82 Å². The van der Waals surface area contributed by atoms with Crippen molar-refractivity contribution in [3.8, 4) is 0 Å². The Bertz CT molecular complexity index is 942. The number of pyridine rings is 1. The molecule has 3 heterocycles. The summed E-state index contributed by atoms with van der Waals surface area (Å²) in [7, 11) is 1.64. The van der Waals surface area contributed by atoms with Crippen molar-refractivity contribution < 1.29 is 4.79 Å². The van der Waals surface area contributed by atoms with Crippen LogP contribution in [-0.2, 0) is 7.05 Å². The highest BCUT2D eigenvalue weighted by Gasteiger charge is 2.19. The van der Waals surface area contributed by atoms with Gasteiger partial charge in [0.1, 0.15) is 10.6 Å². The maximum Gasteiger partial charge on any atom is 0.267 e. The highest BCUT2D eigenvalue weighted by atomic mass is 32.1. The number of aryl methyl sites for hydroxylation is 3. The molecule has 7 heteroatoms. The van der Waals surface area contributed by atoms with Gasteiger partial charge in [0.25, 0.3) is 11.5 Å². The zero-order valence-corrected chi connectivity index (χ0v) is 13.2. The van der Waals surface area contributed by atoms with Crippen LogP contribution in [0.1, 0.15) is 20.9 Å². The first-order valence-electron chi connectivity index (χ1n) is 6.67. The minimum absolute atomic E-state index is 0.147. The summed E-state index contributed by atoms with van der Waals surface area (Å²) in [6.07, 6.45) is 1.46. The van der Waals surface area contributed by atoms with E-state index in [-0.39, 0.29) is 11.5 Å². The lowest BCUT2D eigenvalue weighted by Gasteiger charge is -2.04. The van der Waals surface area contributed by atoms with Crippen LogP contribution in [0.25, 0.3) is 10.2 Å². The number of hydrogen-bond acceptors (Lipinski definition) is 5. The summed E-state index contributed by atoms with van der Waals surface area (Å²) in [4.78, 5) is 34.1. The molecule has 0 radical (unpaired) electrons. The monoisotopic (exact) mass is 314 g/mol. The maximum atomic E-state index is 12.4. The van der Waals surface area contributed by atoms with E-state index in [4.69, 9.17) is 0 Å². The molecule has 1 N–H and O–H groups in total. The molecule has 22 heavy (non-hydrogen) atoms. The van der Waals surface area contributed by atoms with E-state index < -0.39 is 0 Å². The summed E-state index contributed by atoms with van der Waals surface area (Å²) in [6.45, 7) is 3.62. The van der Waals surface area contributed by atoms with Gasteiger partial charge in [0.15, 0.2) is 0 Å². The van der Waals surface area contributed by atoms with Gasteiger partial charge < -0.3 is 9.88 Å². The van der Waals surface area contributed by atoms with Gasteiger partial charge in [0.2, 0.25) is 0 Å². The third-order valence-electron chi connectivity index (χ3n) is 3.35. The topological polar surface area (TPSA) is 76.9 Å². The first kappa shape index (κ1) is 14.4. The van der Waals surface area contributed by atoms with Gasteiger partial charge in [0.05, 0.1) is 16.6 Å². The minimum atomic E-state index is -0.277. The van der Waals surface area contributed by atoms with Crippen molar-refractivity contribution in [1.82, 2.24) is 14.5 Å². The molecular formula is C15H14N4O2S. The molecule has 0 saturated carbocycles. The van der Waals surface area contributed by atoms with E-state index in [1.807, 2.05) is 19.1 Å². The number of anilines is 1. The molecule has 3 aromatic heterocycles. The number of carbonyl (C=O) groups excluding carboxylic acids is 1. The van der Waals surface area contributed by atoms with Gasteiger partial charge in [0, 0.05) is 12.7 Å². The minimum Gasteiger partial charge on any atom is -0.306 e. The number of nitrogens with zero attached hydrogens (tertiary/aromatic N) is 3. The molecule has 0 saturated heterocycles. The zero-order valence-electron chi connectivity index (χ0n) is 12.4. The molecule has 0 atom stereocenters. The molecule has 1 amide bonds. The Morgan fingerprint density at radius 3 is 2.82 bits per heavy atom. The predicted octanol–water partition coefficient (Wildman–Crippen LogP) is 2.26. The molecule has 0 aliphatic heterocycles. The summed E-state index contributed by atoms with van der Waals surface area (Å²) >= 11 is 1.21. The van der Waals surface area contributed by atoms with Crippen LogP contribution in [0.2, 0.25) is 0 Å². The first-order valence-corrected chi connectivity index (χ1v) is 7.49. The van der Waals surface area contributed by atoms with Gasteiger partial charge in [-0.2, -0.15) is 0 Å². The fraction of sp³-hybridized carbons (Fsp3) is 0.200. The van der Waals surface area contributed by atoms with Crippen LogP contribution in [0.15, 0.2) is 29.3 Å². The Morgan fingerprint density at radius 1 is 1.32 bits per heavy atom. The molecule has 0 aliphatic rings. The summed E-state index contributed by atoms with van der Waals surface area (Å²) in [5, 5.41) is 3.26. The molecule has 0 spiro atoms. The molecule has 6 nitrogen and oxygen atoms in total. The van der Waals surface area contributed by atoms with Crippen molar-refractivity contribution in [3.05, 3.63) is 51.0 Å². The summed E-state index contributed by atoms with van der Waals surface area (Å²) < 4.78 is 1.41. The van der Waals surface area contributed by atoms with Crippen molar-refractivity contribution in [1.29, 1.82) is 0 Å². The largest absolute Gasteiger partial charge is 0.306 e. The van der Waals surface area contributed by atoms with E-state index in [1.54, 1.807) is 20.0 Å². The Morgan fingerprint density at radius 2 is 2.09 bits per heavy atom. The Hall–Kier alpha value is -2.54. The molecular weight excluding hydrogens is 300 g/mol. The quantitative estimate of drug-likeness (QED) is 0.787. The fourth-order valence-electron chi connectivity index (χ4n) is 2.21. The predicted molar refractivity (Wildman–Crippen MR) is 86.5 cm³/mol. The lowest BCUT2D eigenvalue weighted by atomic mass is 10.2. The van der Waals surface area contributed by atoms with E-state index in [9.17, 15) is 9.59 Å². The summed E-state index contributed by atoms with van der Waals surface area (Å²) in [5.41, 5.74) is 1.33. The highest BCUT2D eigenvalue weighted by Crippen LogP contribution is 2.27. The normalized spacial score (nSPS) is 10.9. The molecule has 3 rings (SSSR count). The summed E-state index contributed by atoms with van der Waals surface area (Å²) in [5.74, 6) is 0.211. The number of hydrogen-bond donors (Lipinski definition) is 1. The van der Waals surface area contributed by atoms with Crippen molar-refractivity contribution in [3.63, 3.8) is 0 Å². The van der Waals surface area contributed by atoms with E-state index in [0.29, 0.717) is 26.5 Å². The molecule has 0 aromatic carbocycles. The number of rotatable bonds is 2. The Labute approximate surface area is 130 Å². The third kappa shape index (κ3) is 2.39. The Kier molecular flexibility index (Phi) is 3.50. The highest BCUT2D eigenvalue weighted by molar-refractivity contribution is 7.20. The number of amides is 1. The smallest absolute Gasteiger partial charge is 0.267 e. The van der Waals surface area contributed by atoms with Gasteiger partial charge >= 0.3 is 0 Å². The summed E-state index contributed by atoms with van der Waals surface area (Å²) in [6, 6.07) is 5.41. The van der Waals surface area contributed by atoms with E-state index in [0.717, 1.165) is 5.69 Å². The van der Waals surface area contributed by atoms with E-state index in [1.165, 1.54) is 22.2 Å². The van der Waals surface area contributed by atoms with Gasteiger partial charge in [-0.05, 0) is 31.5 Å². The van der Waals surface area contributed by atoms with Gasteiger partial charge in [-0.15, -0.1) is 11.3 Å². The van der Waals surface area contributed by atoms with Gasteiger partial charge in [-0.25, -0.2) is 9.97 Å². The van der Waals surface area contributed by atoms with Crippen molar-refractivity contribution >= 4 is 33.3 Å². The molecule has 0 aliphatic carbocycles. The second kappa shape index (κ2) is 5.34. The van der Waals surface area contributed by atoms with Crippen LogP contribution in [0.5, 0.6) is 0 Å². The fourth-order valence-corrected chi connectivity index (χ4v) is 3.25. The first-order chi connectivity index (χ1) is 10.5. The van der Waals surface area contributed by atoms with Crippen LogP contribution >= 0.6 is 11.3 Å². The number of fused-ring (bicyclic) bond motifs is 1. The number of aromatic nitrogens is 3. The molecule has 3 aromatic rings. The average Bonchev–Trinajstić information content (AvgIpc) is 2.81. The standard InChI is InChI=1S/C15H14N4O2S/c1-8-5-4-6-10(17-8)18-13(20)12-9(2)11-14(22-12)16-7-19(3)15(11)21/h4-7H,1-3H3,(H,17,18,20). The number of carbonyl (C=O) groups is 1. The second-order valence-electron chi connectivity index (χ2n) is 5.02. The van der Waals surface area contributed by atoms with Crippen LogP contribution in [0, 0.1) is 13.8 Å². The van der Waals surface area contributed by atoms with Crippen molar-refractivity contribution in [2.24, 2.45) is 7.05 Å². The van der Waals surface area contributed by atoms with Crippen LogP contribution < -0.4 is 10.9 Å². The van der Waals surface area contributed by atoms with Crippen LogP contribution in [-0.4, -0.2) is 20.4 Å².